The molecule has 3 aromatic heterocycles. The van der Waals surface area contributed by atoms with Crippen LogP contribution in [0, 0.1) is 0 Å². The average Bonchev–Trinajstić information content (AvgIpc) is 3.51. The minimum atomic E-state index is -4.24. The van der Waals surface area contributed by atoms with Crippen molar-refractivity contribution < 1.29 is 28.7 Å². The molecular weight excluding hydrogens is 559 g/mol. The molecule has 222 valence electrons. The Morgan fingerprint density at radius 1 is 1.10 bits per heavy atom. The summed E-state index contributed by atoms with van der Waals surface area (Å²) >= 11 is 0. The Balaban J connectivity index is 1.13. The molecule has 3 aromatic rings. The molecule has 0 bridgehead atoms. The van der Waals surface area contributed by atoms with Crippen LogP contribution in [0.2, 0.25) is 0 Å². The van der Waals surface area contributed by atoms with Crippen LogP contribution in [0.25, 0.3) is 5.65 Å². The summed E-state index contributed by atoms with van der Waals surface area (Å²) in [6, 6.07) is 3.87. The van der Waals surface area contributed by atoms with Gasteiger partial charge in [0.2, 0.25) is 11.8 Å². The number of aryl methyl sites for hydroxylation is 1. The first kappa shape index (κ1) is 28.5. The largest absolute Gasteiger partial charge is 0.340 e. The maximum Gasteiger partial charge on any atom is 0.329 e. The van der Waals surface area contributed by atoms with Gasteiger partial charge in [-0.25, -0.2) is 4.98 Å². The molecule has 3 fully saturated rings. The molecule has 3 saturated heterocycles. The lowest BCUT2D eigenvalue weighted by Gasteiger charge is -2.43. The number of likely N-dealkylation sites (tertiary alicyclic amines) is 1. The van der Waals surface area contributed by atoms with E-state index >= 15 is 0 Å². The predicted octanol–water partition coefficient (Wildman–Crippen LogP) is 2.24. The third kappa shape index (κ3) is 5.58. The van der Waals surface area contributed by atoms with Crippen molar-refractivity contribution in [2.24, 2.45) is 0 Å². The Morgan fingerprint density at radius 3 is 2.67 bits per heavy atom. The van der Waals surface area contributed by atoms with Crippen LogP contribution in [0.15, 0.2) is 43.0 Å². The normalized spacial score (nSPS) is 23.0. The van der Waals surface area contributed by atoms with Gasteiger partial charge in [-0.05, 0) is 67.3 Å². The van der Waals surface area contributed by atoms with Crippen molar-refractivity contribution in [1.29, 1.82) is 0 Å². The van der Waals surface area contributed by atoms with E-state index in [2.05, 4.69) is 22.2 Å². The smallest absolute Gasteiger partial charge is 0.329 e. The van der Waals surface area contributed by atoms with Crippen LogP contribution in [-0.2, 0) is 26.7 Å². The molecule has 12 nitrogen and oxygen atoms in total. The fourth-order valence-electron chi connectivity index (χ4n) is 6.64. The van der Waals surface area contributed by atoms with Crippen LogP contribution < -0.4 is 5.32 Å². The number of hydrogen-bond donors (Lipinski definition) is 3. The summed E-state index contributed by atoms with van der Waals surface area (Å²) in [5.41, 5.74) is 3.38. The van der Waals surface area contributed by atoms with Crippen LogP contribution in [-0.4, -0.2) is 82.9 Å². The molecule has 13 heteroatoms. The number of carbonyl (C=O) groups excluding carboxylic acids is 3. The van der Waals surface area contributed by atoms with Crippen molar-refractivity contribution in [3.63, 3.8) is 0 Å². The van der Waals surface area contributed by atoms with Gasteiger partial charge in [-0.15, -0.1) is 0 Å². The zero-order valence-electron chi connectivity index (χ0n) is 23.4. The first-order valence-corrected chi connectivity index (χ1v) is 16.3. The molecule has 0 aliphatic carbocycles. The van der Waals surface area contributed by atoms with Gasteiger partial charge < -0.3 is 29.3 Å². The van der Waals surface area contributed by atoms with Crippen LogP contribution in [0.1, 0.15) is 72.1 Å². The fourth-order valence-corrected chi connectivity index (χ4v) is 7.30. The van der Waals surface area contributed by atoms with Gasteiger partial charge in [-0.3, -0.25) is 23.9 Å². The Morgan fingerprint density at radius 2 is 1.90 bits per heavy atom. The van der Waals surface area contributed by atoms with Crippen molar-refractivity contribution in [2.45, 2.75) is 75.7 Å². The van der Waals surface area contributed by atoms with E-state index in [1.165, 1.54) is 27.9 Å². The summed E-state index contributed by atoms with van der Waals surface area (Å²) in [5.74, 6) is -0.516. The number of amides is 3. The number of aromatic nitrogens is 3. The minimum absolute atomic E-state index is 0.0157. The maximum absolute atomic E-state index is 13.8. The van der Waals surface area contributed by atoms with Crippen LogP contribution in [0.3, 0.4) is 0 Å². The summed E-state index contributed by atoms with van der Waals surface area (Å²) in [5, 5.41) is 2.85. The highest BCUT2D eigenvalue weighted by Crippen LogP contribution is 2.39. The third-order valence-corrected chi connectivity index (χ3v) is 9.55. The Labute approximate surface area is 243 Å². The Bertz CT molecular complexity index is 1580. The summed E-state index contributed by atoms with van der Waals surface area (Å²) in [6.07, 6.45) is 10.6. The van der Waals surface area contributed by atoms with E-state index in [4.69, 9.17) is 0 Å². The van der Waals surface area contributed by atoms with E-state index in [1.54, 1.807) is 23.2 Å². The van der Waals surface area contributed by atoms with Crippen molar-refractivity contribution in [3.8, 4) is 0 Å². The summed E-state index contributed by atoms with van der Waals surface area (Å²) in [7, 11) is -4.24. The highest BCUT2D eigenvalue weighted by Gasteiger charge is 2.47. The minimum Gasteiger partial charge on any atom is -0.340 e. The summed E-state index contributed by atoms with van der Waals surface area (Å²) in [4.78, 5) is 71.3. The second-order valence-corrected chi connectivity index (χ2v) is 13.2. The number of nitrogens with zero attached hydrogens (tertiary/aromatic N) is 5. The van der Waals surface area contributed by atoms with Gasteiger partial charge in [0.1, 0.15) is 23.4 Å². The SMILES string of the molecule is CCc1ccncc1C1CN(C(=O)[C@@H]2CC[C@@H]3CCC[C@H](NC(=O)c4cn5cc(CP(=O)(O)O)ccc5n4)C(=O)N32)C1. The monoisotopic (exact) mass is 594 g/mol. The lowest BCUT2D eigenvalue weighted by Crippen LogP contribution is -2.58. The van der Waals surface area contributed by atoms with E-state index < -0.39 is 31.7 Å². The lowest BCUT2D eigenvalue weighted by molar-refractivity contribution is -0.148. The van der Waals surface area contributed by atoms with Gasteiger partial charge in [0.05, 0.1) is 6.16 Å². The highest BCUT2D eigenvalue weighted by atomic mass is 31.2. The molecule has 0 aromatic carbocycles. The average molecular weight is 595 g/mol. The van der Waals surface area contributed by atoms with Gasteiger partial charge >= 0.3 is 7.60 Å². The molecule has 6 heterocycles. The van der Waals surface area contributed by atoms with Gasteiger partial charge in [-0.1, -0.05) is 13.0 Å². The predicted molar refractivity (Wildman–Crippen MR) is 153 cm³/mol. The number of nitrogens with one attached hydrogen (secondary N) is 1. The molecule has 3 aliphatic rings. The van der Waals surface area contributed by atoms with E-state index in [9.17, 15) is 28.7 Å². The second kappa shape index (κ2) is 11.2. The topological polar surface area (TPSA) is 157 Å². The second-order valence-electron chi connectivity index (χ2n) is 11.6. The number of rotatable bonds is 7. The van der Waals surface area contributed by atoms with Crippen molar-refractivity contribution in [1.82, 2.24) is 29.5 Å². The Kier molecular flexibility index (Phi) is 7.63. The van der Waals surface area contributed by atoms with Gasteiger partial charge in [-0.2, -0.15) is 0 Å². The molecule has 0 spiro atoms. The number of imidazole rings is 1. The summed E-state index contributed by atoms with van der Waals surface area (Å²) in [6.45, 7) is 3.34. The van der Waals surface area contributed by atoms with Gasteiger partial charge in [0, 0.05) is 49.8 Å². The first-order valence-electron chi connectivity index (χ1n) is 14.5. The standard InChI is InChI=1S/C29H35N6O6P/c1-2-19-10-11-30-12-22(19)20-14-34(15-20)29(38)25-8-7-21-4-3-5-23(28(37)35(21)25)32-27(36)24-16-33-13-18(17-42(39,40)41)6-9-26(33)31-24/h6,9-13,16,20-21,23,25H,2-5,7-8,14-15,17H2,1H3,(H,32,36)(H2,39,40,41)/t21-,23-,25-/m0/s1. The molecule has 0 unspecified atom stereocenters. The number of pyridine rings is 2. The molecule has 42 heavy (non-hydrogen) atoms. The lowest BCUT2D eigenvalue weighted by atomic mass is 9.88. The zero-order valence-corrected chi connectivity index (χ0v) is 24.3. The van der Waals surface area contributed by atoms with E-state index in [1.807, 2.05) is 17.2 Å². The zero-order chi connectivity index (χ0) is 29.6. The van der Waals surface area contributed by atoms with Crippen LogP contribution >= 0.6 is 7.60 Å². The highest BCUT2D eigenvalue weighted by molar-refractivity contribution is 7.50. The first-order chi connectivity index (χ1) is 20.1. The number of hydrogen-bond acceptors (Lipinski definition) is 6. The Hall–Kier alpha value is -3.60. The molecule has 3 N–H and O–H groups in total. The molecule has 0 radical (unpaired) electrons. The van der Waals surface area contributed by atoms with Gasteiger partial charge in [0.15, 0.2) is 0 Å². The third-order valence-electron chi connectivity index (χ3n) is 8.77. The van der Waals surface area contributed by atoms with Crippen LogP contribution in [0.4, 0.5) is 0 Å². The molecule has 6 rings (SSSR count). The van der Waals surface area contributed by atoms with Crippen LogP contribution in [0.5, 0.6) is 0 Å². The molecule has 0 saturated carbocycles. The molecule has 3 aliphatic heterocycles. The maximum atomic E-state index is 13.8. The number of fused-ring (bicyclic) bond motifs is 2. The van der Waals surface area contributed by atoms with Crippen molar-refractivity contribution >= 4 is 31.0 Å². The summed E-state index contributed by atoms with van der Waals surface area (Å²) < 4.78 is 12.9. The molecule has 3 amide bonds. The fraction of sp³-hybridized carbons (Fsp3) is 0.483. The van der Waals surface area contributed by atoms with E-state index in [0.717, 1.165) is 25.7 Å². The molecule has 3 atom stereocenters. The van der Waals surface area contributed by atoms with Crippen molar-refractivity contribution in [2.75, 3.05) is 13.1 Å². The number of carbonyl (C=O) groups is 3. The van der Waals surface area contributed by atoms with Crippen molar-refractivity contribution in [3.05, 3.63) is 65.4 Å². The van der Waals surface area contributed by atoms with E-state index in [0.29, 0.717) is 37.1 Å². The van der Waals surface area contributed by atoms with E-state index in [-0.39, 0.29) is 29.5 Å². The quantitative estimate of drug-likeness (QED) is 0.352. The van der Waals surface area contributed by atoms with Gasteiger partial charge in [0.25, 0.3) is 5.91 Å². The molecular formula is C29H35N6O6P.